The minimum atomic E-state index is -0.318. The number of hydrogen-bond acceptors (Lipinski definition) is 3. The molecule has 0 aliphatic carbocycles. The molecule has 5 nitrogen and oxygen atoms in total. The van der Waals surface area contributed by atoms with Gasteiger partial charge in [-0.3, -0.25) is 9.59 Å². The lowest BCUT2D eigenvalue weighted by Gasteiger charge is -2.26. The molecule has 1 rings (SSSR count). The third-order valence-corrected chi connectivity index (χ3v) is 3.27. The Kier molecular flexibility index (Phi) is 5.95. The van der Waals surface area contributed by atoms with Crippen LogP contribution in [0.1, 0.15) is 36.3 Å². The van der Waals surface area contributed by atoms with E-state index >= 15 is 0 Å². The van der Waals surface area contributed by atoms with Gasteiger partial charge in [0.15, 0.2) is 5.43 Å². The van der Waals surface area contributed by atoms with Crippen molar-refractivity contribution in [3.05, 3.63) is 33.7 Å². The van der Waals surface area contributed by atoms with Crippen molar-refractivity contribution in [2.24, 2.45) is 5.92 Å². The Morgan fingerprint density at radius 1 is 1.40 bits per heavy atom. The molecule has 1 aromatic rings. The van der Waals surface area contributed by atoms with Crippen LogP contribution in [0.3, 0.4) is 0 Å². The largest absolute Gasteiger partial charge is 0.364 e. The Balaban J connectivity index is 2.68. The zero-order valence-electron chi connectivity index (χ0n) is 13.0. The van der Waals surface area contributed by atoms with Crippen LogP contribution < -0.4 is 10.7 Å². The molecule has 5 heteroatoms. The summed E-state index contributed by atoms with van der Waals surface area (Å²) in [6.07, 6.45) is 2.47. The van der Waals surface area contributed by atoms with Gasteiger partial charge in [-0.15, -0.1) is 0 Å². The molecule has 0 spiro atoms. The molecule has 0 aliphatic rings. The van der Waals surface area contributed by atoms with Crippen LogP contribution in [0, 0.1) is 12.8 Å². The highest BCUT2D eigenvalue weighted by Gasteiger charge is 2.16. The molecule has 0 radical (unpaired) electrons. The van der Waals surface area contributed by atoms with Crippen molar-refractivity contribution >= 4 is 5.91 Å². The summed E-state index contributed by atoms with van der Waals surface area (Å²) in [6.45, 7) is 6.64. The molecule has 20 heavy (non-hydrogen) atoms. The average molecular weight is 279 g/mol. The number of pyridine rings is 1. The van der Waals surface area contributed by atoms with Crippen LogP contribution in [0.4, 0.5) is 0 Å². The number of carbonyl (C=O) groups is 1. The maximum atomic E-state index is 12.0. The number of hydrogen-bond donors (Lipinski definition) is 2. The van der Waals surface area contributed by atoms with Crippen LogP contribution in [-0.2, 0) is 0 Å². The van der Waals surface area contributed by atoms with Gasteiger partial charge in [-0.25, -0.2) is 0 Å². The van der Waals surface area contributed by atoms with Gasteiger partial charge in [-0.1, -0.05) is 13.8 Å². The van der Waals surface area contributed by atoms with Crippen molar-refractivity contribution in [3.8, 4) is 0 Å². The predicted molar refractivity (Wildman–Crippen MR) is 81.1 cm³/mol. The second-order valence-electron chi connectivity index (χ2n) is 5.85. The maximum Gasteiger partial charge on any atom is 0.256 e. The van der Waals surface area contributed by atoms with E-state index in [1.54, 1.807) is 6.92 Å². The van der Waals surface area contributed by atoms with E-state index in [-0.39, 0.29) is 22.9 Å². The first-order valence-electron chi connectivity index (χ1n) is 6.95. The molecule has 2 N–H and O–H groups in total. The molecule has 112 valence electrons. The minimum absolute atomic E-state index is 0.164. The van der Waals surface area contributed by atoms with E-state index in [2.05, 4.69) is 29.0 Å². The number of nitrogens with one attached hydrogen (secondary N) is 2. The van der Waals surface area contributed by atoms with Crippen molar-refractivity contribution < 1.29 is 4.79 Å². The zero-order valence-corrected chi connectivity index (χ0v) is 13.0. The summed E-state index contributed by atoms with van der Waals surface area (Å²) in [6, 6.07) is 1.70. The number of H-pyrrole nitrogens is 1. The lowest BCUT2D eigenvalue weighted by Crippen LogP contribution is -2.42. The van der Waals surface area contributed by atoms with Gasteiger partial charge in [0.05, 0.1) is 0 Å². The topological polar surface area (TPSA) is 65.2 Å². The first-order chi connectivity index (χ1) is 9.31. The Morgan fingerprint density at radius 3 is 2.55 bits per heavy atom. The second-order valence-corrected chi connectivity index (χ2v) is 5.85. The maximum absolute atomic E-state index is 12.0. The summed E-state index contributed by atoms with van der Waals surface area (Å²) in [7, 11) is 4.00. The normalized spacial score (nSPS) is 12.8. The molecule has 1 atom stereocenters. The number of aryl methyl sites for hydroxylation is 1. The molecule has 0 saturated carbocycles. The number of rotatable bonds is 6. The van der Waals surface area contributed by atoms with E-state index < -0.39 is 0 Å². The second kappa shape index (κ2) is 7.24. The molecular weight excluding hydrogens is 254 g/mol. The number of likely N-dealkylation sites (N-methyl/N-ethyl adjacent to an activating group) is 1. The molecule has 0 fully saturated rings. The van der Waals surface area contributed by atoms with Gasteiger partial charge in [0.2, 0.25) is 0 Å². The highest BCUT2D eigenvalue weighted by atomic mass is 16.2. The Morgan fingerprint density at radius 2 is 2.05 bits per heavy atom. The average Bonchev–Trinajstić information content (AvgIpc) is 2.33. The van der Waals surface area contributed by atoms with E-state index in [4.69, 9.17) is 0 Å². The van der Waals surface area contributed by atoms with E-state index in [0.717, 1.165) is 12.1 Å². The van der Waals surface area contributed by atoms with E-state index in [0.29, 0.717) is 12.5 Å². The van der Waals surface area contributed by atoms with Gasteiger partial charge >= 0.3 is 0 Å². The smallest absolute Gasteiger partial charge is 0.256 e. The van der Waals surface area contributed by atoms with Gasteiger partial charge in [0.25, 0.3) is 5.91 Å². The lowest BCUT2D eigenvalue weighted by molar-refractivity contribution is 0.0937. The molecule has 0 bridgehead atoms. The number of nitrogens with zero attached hydrogens (tertiary/aromatic N) is 1. The molecule has 1 heterocycles. The van der Waals surface area contributed by atoms with Crippen molar-refractivity contribution in [1.29, 1.82) is 0 Å². The SMILES string of the molecule is Cc1cc(=O)c(C(=O)NCC(CC(C)C)N(C)C)c[nH]1. The first-order valence-corrected chi connectivity index (χ1v) is 6.95. The fraction of sp³-hybridized carbons (Fsp3) is 0.600. The van der Waals surface area contributed by atoms with E-state index in [1.807, 2.05) is 14.1 Å². The highest BCUT2D eigenvalue weighted by molar-refractivity contribution is 5.93. The van der Waals surface area contributed by atoms with Crippen LogP contribution in [0.15, 0.2) is 17.1 Å². The molecule has 1 unspecified atom stereocenters. The van der Waals surface area contributed by atoms with Crippen LogP contribution in [0.5, 0.6) is 0 Å². The van der Waals surface area contributed by atoms with Gasteiger partial charge in [-0.05, 0) is 33.4 Å². The number of amides is 1. The first kappa shape index (κ1) is 16.4. The summed E-state index contributed by atoms with van der Waals surface area (Å²) in [4.78, 5) is 28.8. The van der Waals surface area contributed by atoms with Gasteiger partial charge in [-0.2, -0.15) is 0 Å². The third kappa shape index (κ3) is 4.81. The van der Waals surface area contributed by atoms with Gasteiger partial charge in [0.1, 0.15) is 5.56 Å². The molecule has 0 aliphatic heterocycles. The monoisotopic (exact) mass is 279 g/mol. The fourth-order valence-electron chi connectivity index (χ4n) is 2.08. The van der Waals surface area contributed by atoms with E-state index in [1.165, 1.54) is 12.3 Å². The summed E-state index contributed by atoms with van der Waals surface area (Å²) >= 11 is 0. The Bertz CT molecular complexity index is 506. The number of aromatic nitrogens is 1. The Labute approximate surface area is 120 Å². The van der Waals surface area contributed by atoms with Crippen molar-refractivity contribution in [2.45, 2.75) is 33.2 Å². The van der Waals surface area contributed by atoms with Crippen molar-refractivity contribution in [3.63, 3.8) is 0 Å². The lowest BCUT2D eigenvalue weighted by atomic mass is 10.0. The zero-order chi connectivity index (χ0) is 15.3. The molecule has 0 saturated heterocycles. The van der Waals surface area contributed by atoms with Gasteiger partial charge in [0, 0.05) is 30.5 Å². The molecule has 0 aromatic carbocycles. The third-order valence-electron chi connectivity index (χ3n) is 3.27. The molecular formula is C15H25N3O2. The van der Waals surface area contributed by atoms with Crippen molar-refractivity contribution in [1.82, 2.24) is 15.2 Å². The summed E-state index contributed by atoms with van der Waals surface area (Å²) in [5.74, 6) is 0.240. The standard InChI is InChI=1S/C15H25N3O2/c1-10(2)6-12(18(4)5)8-17-15(20)13-9-16-11(3)7-14(13)19/h7,9-10,12H,6,8H2,1-5H3,(H,16,19)(H,17,20). The van der Waals surface area contributed by atoms with Crippen LogP contribution in [0.25, 0.3) is 0 Å². The highest BCUT2D eigenvalue weighted by Crippen LogP contribution is 2.08. The van der Waals surface area contributed by atoms with Crippen LogP contribution in [0.2, 0.25) is 0 Å². The molecule has 1 aromatic heterocycles. The number of carbonyl (C=O) groups excluding carboxylic acids is 1. The van der Waals surface area contributed by atoms with Crippen molar-refractivity contribution in [2.75, 3.05) is 20.6 Å². The summed E-state index contributed by atoms with van der Waals surface area (Å²) < 4.78 is 0. The van der Waals surface area contributed by atoms with E-state index in [9.17, 15) is 9.59 Å². The fourth-order valence-corrected chi connectivity index (χ4v) is 2.08. The predicted octanol–water partition coefficient (Wildman–Crippen LogP) is 1.39. The quantitative estimate of drug-likeness (QED) is 0.827. The van der Waals surface area contributed by atoms with Crippen LogP contribution in [-0.4, -0.2) is 42.5 Å². The van der Waals surface area contributed by atoms with Gasteiger partial charge < -0.3 is 15.2 Å². The minimum Gasteiger partial charge on any atom is -0.364 e. The summed E-state index contributed by atoms with van der Waals surface area (Å²) in [5.41, 5.74) is 0.666. The Hall–Kier alpha value is -1.62. The molecule has 1 amide bonds. The van der Waals surface area contributed by atoms with Crippen LogP contribution >= 0.6 is 0 Å². The number of aromatic amines is 1. The summed E-state index contributed by atoms with van der Waals surface area (Å²) in [5, 5.41) is 2.85.